The Hall–Kier alpha value is -3.36. The van der Waals surface area contributed by atoms with Crippen LogP contribution in [-0.2, 0) is 11.0 Å². The number of pyridine rings is 1. The molecule has 0 aliphatic carbocycles. The van der Waals surface area contributed by atoms with E-state index in [9.17, 15) is 18.0 Å². The van der Waals surface area contributed by atoms with E-state index in [0.717, 1.165) is 30.7 Å². The number of piperidine rings is 1. The molecule has 0 N–H and O–H groups in total. The van der Waals surface area contributed by atoms with Gasteiger partial charge in [0.2, 0.25) is 5.91 Å². The molecule has 0 radical (unpaired) electrons. The Labute approximate surface area is 183 Å². The van der Waals surface area contributed by atoms with Crippen LogP contribution in [0.4, 0.5) is 13.2 Å². The summed E-state index contributed by atoms with van der Waals surface area (Å²) in [6.07, 6.45) is 1.25. The molecule has 1 amide bonds. The summed E-state index contributed by atoms with van der Waals surface area (Å²) in [7, 11) is 0. The lowest BCUT2D eigenvalue weighted by atomic mass is 9.97. The Morgan fingerprint density at radius 1 is 1.22 bits per heavy atom. The number of hydrogen-bond acceptors (Lipinski definition) is 4. The number of likely N-dealkylation sites (tertiary alicyclic amines) is 1. The van der Waals surface area contributed by atoms with Gasteiger partial charge in [0.15, 0.2) is 5.65 Å². The number of nitrogens with zero attached hydrogens (tertiary/aromatic N) is 4. The fraction of sp³-hybridized carbons (Fsp3) is 0.348. The maximum absolute atomic E-state index is 13.1. The minimum absolute atomic E-state index is 0.161. The Kier molecular flexibility index (Phi) is 6.16. The van der Waals surface area contributed by atoms with Gasteiger partial charge in [-0.15, -0.1) is 10.2 Å². The molecule has 6 nitrogen and oxygen atoms in total. The van der Waals surface area contributed by atoms with Crippen LogP contribution < -0.4 is 4.74 Å². The van der Waals surface area contributed by atoms with Gasteiger partial charge >= 0.3 is 6.18 Å². The molecule has 1 saturated heterocycles. The van der Waals surface area contributed by atoms with E-state index in [1.165, 1.54) is 16.5 Å². The van der Waals surface area contributed by atoms with Gasteiger partial charge in [-0.05, 0) is 44.0 Å². The number of halogens is 3. The Morgan fingerprint density at radius 3 is 2.81 bits per heavy atom. The molecule has 1 aliphatic heterocycles. The molecule has 4 rings (SSSR count). The first-order valence-corrected chi connectivity index (χ1v) is 10.5. The first-order chi connectivity index (χ1) is 15.4. The fourth-order valence-electron chi connectivity index (χ4n) is 3.91. The zero-order chi connectivity index (χ0) is 22.7. The maximum Gasteiger partial charge on any atom is 0.417 e. The van der Waals surface area contributed by atoms with Crippen LogP contribution in [0.25, 0.3) is 11.7 Å². The molecule has 1 aromatic carbocycles. The van der Waals surface area contributed by atoms with E-state index >= 15 is 0 Å². The predicted octanol–water partition coefficient (Wildman–Crippen LogP) is 4.57. The van der Waals surface area contributed by atoms with Gasteiger partial charge in [-0.2, -0.15) is 13.2 Å². The van der Waals surface area contributed by atoms with E-state index < -0.39 is 11.7 Å². The third kappa shape index (κ3) is 4.61. The van der Waals surface area contributed by atoms with E-state index in [0.29, 0.717) is 36.9 Å². The van der Waals surface area contributed by atoms with Gasteiger partial charge < -0.3 is 9.64 Å². The van der Waals surface area contributed by atoms with Gasteiger partial charge in [0.25, 0.3) is 0 Å². The van der Waals surface area contributed by atoms with Crippen molar-refractivity contribution in [2.75, 3.05) is 19.7 Å². The average molecular weight is 444 g/mol. The molecule has 32 heavy (non-hydrogen) atoms. The summed E-state index contributed by atoms with van der Waals surface area (Å²) in [6, 6.07) is 9.76. The summed E-state index contributed by atoms with van der Waals surface area (Å²) in [4.78, 5) is 14.5. The van der Waals surface area contributed by atoms with Gasteiger partial charge in [0, 0.05) is 36.8 Å². The lowest BCUT2D eigenvalue weighted by Crippen LogP contribution is -2.38. The second-order valence-corrected chi connectivity index (χ2v) is 7.63. The van der Waals surface area contributed by atoms with Crippen LogP contribution in [0.15, 0.2) is 48.7 Å². The summed E-state index contributed by atoms with van der Waals surface area (Å²) >= 11 is 0. The number of para-hydroxylation sites is 1. The molecule has 0 bridgehead atoms. The largest absolute Gasteiger partial charge is 0.493 e. The highest BCUT2D eigenvalue weighted by Crippen LogP contribution is 2.31. The molecular formula is C23H23F3N4O2. The van der Waals surface area contributed by atoms with Crippen molar-refractivity contribution in [3.05, 3.63) is 65.6 Å². The Morgan fingerprint density at radius 2 is 2.03 bits per heavy atom. The highest BCUT2D eigenvalue weighted by molar-refractivity contribution is 5.92. The standard InChI is InChI=1S/C23H23F3N4O2/c1-2-32-19-8-4-3-6-16(19)9-12-21(31)29-13-5-7-17(14-29)22-28-27-20-11-10-18(15-30(20)22)23(24,25)26/h3-4,6,8-12,15,17H,2,5,7,13-14H2,1H3/b12-9+. The normalized spacial score (nSPS) is 17.2. The molecule has 1 fully saturated rings. The summed E-state index contributed by atoms with van der Waals surface area (Å²) in [6.45, 7) is 3.37. The van der Waals surface area contributed by atoms with Gasteiger partial charge in [-0.1, -0.05) is 18.2 Å². The summed E-state index contributed by atoms with van der Waals surface area (Å²) < 4.78 is 46.4. The zero-order valence-electron chi connectivity index (χ0n) is 17.5. The number of rotatable bonds is 5. The highest BCUT2D eigenvalue weighted by atomic mass is 19.4. The monoisotopic (exact) mass is 444 g/mol. The second kappa shape index (κ2) is 9.02. The topological polar surface area (TPSA) is 59.7 Å². The quantitative estimate of drug-likeness (QED) is 0.541. The van der Waals surface area contributed by atoms with E-state index in [4.69, 9.17) is 4.74 Å². The van der Waals surface area contributed by atoms with Gasteiger partial charge in [-0.3, -0.25) is 9.20 Å². The first kappa shape index (κ1) is 21.9. The van der Waals surface area contributed by atoms with E-state index in [2.05, 4.69) is 10.2 Å². The molecule has 0 saturated carbocycles. The molecule has 2 aromatic heterocycles. The highest BCUT2D eigenvalue weighted by Gasteiger charge is 2.32. The van der Waals surface area contributed by atoms with E-state index in [1.54, 1.807) is 11.0 Å². The van der Waals surface area contributed by atoms with Crippen LogP contribution >= 0.6 is 0 Å². The number of benzene rings is 1. The lowest BCUT2D eigenvalue weighted by Gasteiger charge is -2.31. The van der Waals surface area contributed by atoms with Crippen molar-refractivity contribution in [3.63, 3.8) is 0 Å². The number of hydrogen-bond donors (Lipinski definition) is 0. The van der Waals surface area contributed by atoms with Gasteiger partial charge in [0.1, 0.15) is 11.6 Å². The first-order valence-electron chi connectivity index (χ1n) is 10.5. The summed E-state index contributed by atoms with van der Waals surface area (Å²) in [5.41, 5.74) is 0.397. The third-order valence-electron chi connectivity index (χ3n) is 5.48. The smallest absolute Gasteiger partial charge is 0.417 e. The number of amides is 1. The second-order valence-electron chi connectivity index (χ2n) is 7.63. The number of carbonyl (C=O) groups is 1. The summed E-state index contributed by atoms with van der Waals surface area (Å²) in [5, 5.41) is 8.14. The Balaban J connectivity index is 1.52. The molecule has 3 heterocycles. The minimum Gasteiger partial charge on any atom is -0.493 e. The van der Waals surface area contributed by atoms with Crippen LogP contribution in [0.1, 0.15) is 42.6 Å². The molecule has 0 spiro atoms. The van der Waals surface area contributed by atoms with Crippen LogP contribution in [0.2, 0.25) is 0 Å². The average Bonchev–Trinajstić information content (AvgIpc) is 3.21. The number of fused-ring (bicyclic) bond motifs is 1. The number of aromatic nitrogens is 3. The molecule has 1 atom stereocenters. The predicted molar refractivity (Wildman–Crippen MR) is 113 cm³/mol. The van der Waals surface area contributed by atoms with Crippen molar-refractivity contribution in [1.29, 1.82) is 0 Å². The zero-order valence-corrected chi connectivity index (χ0v) is 17.5. The number of alkyl halides is 3. The molecule has 1 unspecified atom stereocenters. The lowest BCUT2D eigenvalue weighted by molar-refractivity contribution is -0.137. The SMILES string of the molecule is CCOc1ccccc1/C=C/C(=O)N1CCCC(c2nnc3ccc(C(F)(F)F)cn23)C1. The third-order valence-corrected chi connectivity index (χ3v) is 5.48. The van der Waals surface area contributed by atoms with Crippen LogP contribution in [0, 0.1) is 0 Å². The maximum atomic E-state index is 13.1. The van der Waals surface area contributed by atoms with Crippen molar-refractivity contribution >= 4 is 17.6 Å². The van der Waals surface area contributed by atoms with Crippen LogP contribution in [-0.4, -0.2) is 45.1 Å². The van der Waals surface area contributed by atoms with Crippen LogP contribution in [0.5, 0.6) is 5.75 Å². The molecule has 168 valence electrons. The van der Waals surface area contributed by atoms with Crippen LogP contribution in [0.3, 0.4) is 0 Å². The number of carbonyl (C=O) groups excluding carboxylic acids is 1. The van der Waals surface area contributed by atoms with E-state index in [-0.39, 0.29) is 11.8 Å². The van der Waals surface area contributed by atoms with Gasteiger partial charge in [-0.25, -0.2) is 0 Å². The van der Waals surface area contributed by atoms with E-state index in [1.807, 2.05) is 31.2 Å². The van der Waals surface area contributed by atoms with Crippen molar-refractivity contribution in [2.24, 2.45) is 0 Å². The molecular weight excluding hydrogens is 421 g/mol. The fourth-order valence-corrected chi connectivity index (χ4v) is 3.91. The Bertz CT molecular complexity index is 1140. The molecule has 3 aromatic rings. The summed E-state index contributed by atoms with van der Waals surface area (Å²) in [5.74, 6) is 0.779. The van der Waals surface area contributed by atoms with Gasteiger partial charge in [0.05, 0.1) is 12.2 Å². The number of ether oxygens (including phenoxy) is 1. The van der Waals surface area contributed by atoms with Crippen molar-refractivity contribution < 1.29 is 22.7 Å². The molecule has 9 heteroatoms. The van der Waals surface area contributed by atoms with Crippen molar-refractivity contribution in [2.45, 2.75) is 31.9 Å². The molecule has 1 aliphatic rings. The van der Waals surface area contributed by atoms with Crippen molar-refractivity contribution in [1.82, 2.24) is 19.5 Å². The minimum atomic E-state index is -4.45. The van der Waals surface area contributed by atoms with Crippen molar-refractivity contribution in [3.8, 4) is 5.75 Å².